The molecule has 1 aromatic heterocycles. The molecule has 0 radical (unpaired) electrons. The van der Waals surface area contributed by atoms with Gasteiger partial charge in [-0.05, 0) is 19.1 Å². The summed E-state index contributed by atoms with van der Waals surface area (Å²) >= 11 is 0. The van der Waals surface area contributed by atoms with E-state index in [-0.39, 0.29) is 5.63 Å². The van der Waals surface area contributed by atoms with Crippen LogP contribution in [0.3, 0.4) is 0 Å². The highest BCUT2D eigenvalue weighted by Gasteiger charge is 1.97. The van der Waals surface area contributed by atoms with Gasteiger partial charge in [0, 0.05) is 11.6 Å². The quantitative estimate of drug-likeness (QED) is 0.668. The Morgan fingerprint density at radius 1 is 1.50 bits per heavy atom. The lowest BCUT2D eigenvalue weighted by molar-refractivity contribution is 0.500. The van der Waals surface area contributed by atoms with E-state index >= 15 is 0 Å². The van der Waals surface area contributed by atoms with E-state index in [4.69, 9.17) is 4.42 Å². The van der Waals surface area contributed by atoms with Gasteiger partial charge in [-0.2, -0.15) is 0 Å². The Hall–Kier alpha value is -1.57. The largest absolute Gasteiger partial charge is 0.423 e. The number of hydrogen-bond donors (Lipinski definition) is 0. The van der Waals surface area contributed by atoms with Gasteiger partial charge in [0.1, 0.15) is 5.76 Å². The summed E-state index contributed by atoms with van der Waals surface area (Å²) < 4.78 is 4.89. The lowest BCUT2D eigenvalue weighted by atomic mass is 10.2. The number of hydrogen-bond acceptors (Lipinski definition) is 2. The molecule has 0 saturated carbocycles. The third kappa shape index (κ3) is 1.72. The van der Waals surface area contributed by atoms with Gasteiger partial charge in [0.2, 0.25) is 0 Å². The molecule has 0 unspecified atom stereocenters. The molecule has 0 fully saturated rings. The molecule has 0 spiro atoms. The molecule has 0 atom stereocenters. The van der Waals surface area contributed by atoms with Crippen LogP contribution in [0.15, 0.2) is 34.0 Å². The van der Waals surface area contributed by atoms with Gasteiger partial charge in [-0.1, -0.05) is 18.7 Å². The van der Waals surface area contributed by atoms with Crippen LogP contribution in [0.4, 0.5) is 0 Å². The summed E-state index contributed by atoms with van der Waals surface area (Å²) in [6, 6.07) is 3.10. The SMILES string of the molecule is C=Cc1oc(=O)ccc1/C=C\C. The fourth-order valence-electron chi connectivity index (χ4n) is 0.918. The van der Waals surface area contributed by atoms with Crippen molar-refractivity contribution in [2.75, 3.05) is 0 Å². The maximum Gasteiger partial charge on any atom is 0.336 e. The first kappa shape index (κ1) is 8.53. The van der Waals surface area contributed by atoms with E-state index in [2.05, 4.69) is 6.58 Å². The maximum absolute atomic E-state index is 10.8. The van der Waals surface area contributed by atoms with Gasteiger partial charge in [0.25, 0.3) is 0 Å². The molecule has 0 amide bonds. The first-order valence-electron chi connectivity index (χ1n) is 3.67. The Kier molecular flexibility index (Phi) is 2.64. The van der Waals surface area contributed by atoms with Crippen LogP contribution in [0.5, 0.6) is 0 Å². The van der Waals surface area contributed by atoms with Crippen molar-refractivity contribution >= 4 is 12.2 Å². The van der Waals surface area contributed by atoms with E-state index < -0.39 is 0 Å². The van der Waals surface area contributed by atoms with Crippen molar-refractivity contribution in [1.82, 2.24) is 0 Å². The fraction of sp³-hybridized carbons (Fsp3) is 0.100. The molecule has 0 bridgehead atoms. The van der Waals surface area contributed by atoms with Crippen LogP contribution in [0, 0.1) is 0 Å². The van der Waals surface area contributed by atoms with E-state index in [9.17, 15) is 4.79 Å². The average Bonchev–Trinajstić information content (AvgIpc) is 2.08. The van der Waals surface area contributed by atoms with E-state index in [1.807, 2.05) is 19.1 Å². The fourth-order valence-corrected chi connectivity index (χ4v) is 0.918. The summed E-state index contributed by atoms with van der Waals surface area (Å²) in [6.45, 7) is 5.45. The minimum absolute atomic E-state index is 0.349. The lowest BCUT2D eigenvalue weighted by Gasteiger charge is -1.96. The molecule has 0 saturated heterocycles. The first-order valence-corrected chi connectivity index (χ1v) is 3.67. The Morgan fingerprint density at radius 2 is 2.25 bits per heavy atom. The minimum atomic E-state index is -0.349. The maximum atomic E-state index is 10.8. The average molecular weight is 162 g/mol. The summed E-state index contributed by atoms with van der Waals surface area (Å²) in [5.41, 5.74) is 0.519. The molecule has 0 aromatic carbocycles. The molecule has 0 aliphatic rings. The molecular weight excluding hydrogens is 152 g/mol. The van der Waals surface area contributed by atoms with Crippen LogP contribution in [-0.4, -0.2) is 0 Å². The zero-order valence-corrected chi connectivity index (χ0v) is 6.91. The van der Waals surface area contributed by atoms with Crippen LogP contribution in [-0.2, 0) is 0 Å². The van der Waals surface area contributed by atoms with Gasteiger partial charge < -0.3 is 4.42 Å². The molecular formula is C10H10O2. The molecule has 0 aliphatic heterocycles. The summed E-state index contributed by atoms with van der Waals surface area (Å²) in [7, 11) is 0. The predicted octanol–water partition coefficient (Wildman–Crippen LogP) is 2.32. The van der Waals surface area contributed by atoms with Crippen molar-refractivity contribution in [3.8, 4) is 0 Å². The van der Waals surface area contributed by atoms with Gasteiger partial charge in [0.15, 0.2) is 0 Å². The van der Waals surface area contributed by atoms with Crippen LogP contribution >= 0.6 is 0 Å². The second-order valence-corrected chi connectivity index (χ2v) is 2.28. The molecule has 0 N–H and O–H groups in total. The van der Waals surface area contributed by atoms with Crippen molar-refractivity contribution in [1.29, 1.82) is 0 Å². The second kappa shape index (κ2) is 3.72. The Morgan fingerprint density at radius 3 is 2.83 bits per heavy atom. The summed E-state index contributed by atoms with van der Waals surface area (Å²) in [5.74, 6) is 0.514. The number of rotatable bonds is 2. The highest BCUT2D eigenvalue weighted by Crippen LogP contribution is 2.08. The normalized spacial score (nSPS) is 10.4. The van der Waals surface area contributed by atoms with Crippen LogP contribution in [0.1, 0.15) is 18.2 Å². The molecule has 62 valence electrons. The van der Waals surface area contributed by atoms with E-state index in [0.29, 0.717) is 5.76 Å². The van der Waals surface area contributed by atoms with Gasteiger partial charge in [-0.3, -0.25) is 0 Å². The van der Waals surface area contributed by atoms with E-state index in [1.54, 1.807) is 6.07 Å². The number of allylic oxidation sites excluding steroid dienone is 1. The van der Waals surface area contributed by atoms with Crippen molar-refractivity contribution in [3.63, 3.8) is 0 Å². The summed E-state index contributed by atoms with van der Waals surface area (Å²) in [5, 5.41) is 0. The van der Waals surface area contributed by atoms with Crippen molar-refractivity contribution in [2.45, 2.75) is 6.92 Å². The molecule has 2 nitrogen and oxygen atoms in total. The topological polar surface area (TPSA) is 30.2 Å². The lowest BCUT2D eigenvalue weighted by Crippen LogP contribution is -1.97. The van der Waals surface area contributed by atoms with Gasteiger partial charge in [-0.25, -0.2) is 4.79 Å². The van der Waals surface area contributed by atoms with Crippen LogP contribution < -0.4 is 5.63 Å². The predicted molar refractivity (Wildman–Crippen MR) is 49.8 cm³/mol. The molecule has 12 heavy (non-hydrogen) atoms. The zero-order valence-electron chi connectivity index (χ0n) is 6.91. The highest BCUT2D eigenvalue weighted by molar-refractivity contribution is 5.59. The Bertz CT molecular complexity index is 358. The first-order chi connectivity index (χ1) is 5.77. The summed E-state index contributed by atoms with van der Waals surface area (Å²) in [6.07, 6.45) is 5.26. The molecule has 2 heteroatoms. The minimum Gasteiger partial charge on any atom is -0.423 e. The summed E-state index contributed by atoms with van der Waals surface area (Å²) in [4.78, 5) is 10.8. The van der Waals surface area contributed by atoms with Crippen molar-refractivity contribution < 1.29 is 4.42 Å². The van der Waals surface area contributed by atoms with E-state index in [1.165, 1.54) is 12.1 Å². The molecule has 1 heterocycles. The standard InChI is InChI=1S/C10H10O2/c1-3-5-8-6-7-10(11)12-9(8)4-2/h3-7H,2H2,1H3/b5-3-. The van der Waals surface area contributed by atoms with E-state index in [0.717, 1.165) is 5.56 Å². The Labute approximate surface area is 70.8 Å². The van der Waals surface area contributed by atoms with Crippen LogP contribution in [0.25, 0.3) is 12.2 Å². The van der Waals surface area contributed by atoms with Crippen molar-refractivity contribution in [2.24, 2.45) is 0 Å². The van der Waals surface area contributed by atoms with Crippen molar-refractivity contribution in [3.05, 3.63) is 46.5 Å². The zero-order chi connectivity index (χ0) is 8.97. The third-order valence-corrected chi connectivity index (χ3v) is 1.43. The molecule has 1 aromatic rings. The van der Waals surface area contributed by atoms with Gasteiger partial charge in [0.05, 0.1) is 0 Å². The van der Waals surface area contributed by atoms with Gasteiger partial charge in [-0.15, -0.1) is 0 Å². The van der Waals surface area contributed by atoms with Crippen LogP contribution in [0.2, 0.25) is 0 Å². The second-order valence-electron chi connectivity index (χ2n) is 2.28. The van der Waals surface area contributed by atoms with Gasteiger partial charge >= 0.3 is 5.63 Å². The smallest absolute Gasteiger partial charge is 0.336 e. The molecule has 1 rings (SSSR count). The molecule has 0 aliphatic carbocycles. The Balaban J connectivity index is 3.29. The monoisotopic (exact) mass is 162 g/mol. The highest BCUT2D eigenvalue weighted by atomic mass is 16.4. The third-order valence-electron chi connectivity index (χ3n) is 1.43.